The zero-order chi connectivity index (χ0) is 9.90. The summed E-state index contributed by atoms with van der Waals surface area (Å²) in [6, 6.07) is 1.96. The highest BCUT2D eigenvalue weighted by molar-refractivity contribution is 9.10. The molecule has 0 N–H and O–H groups in total. The summed E-state index contributed by atoms with van der Waals surface area (Å²) >= 11 is 3.34. The summed E-state index contributed by atoms with van der Waals surface area (Å²) in [7, 11) is 0. The zero-order valence-electron chi connectivity index (χ0n) is 8.30. The van der Waals surface area contributed by atoms with Gasteiger partial charge in [0.2, 0.25) is 0 Å². The van der Waals surface area contributed by atoms with E-state index in [2.05, 4.69) is 42.8 Å². The van der Waals surface area contributed by atoms with Gasteiger partial charge in [0.25, 0.3) is 0 Å². The van der Waals surface area contributed by atoms with Crippen LogP contribution in [0.25, 0.3) is 6.08 Å². The maximum absolute atomic E-state index is 5.27. The molecule has 0 unspecified atom stereocenters. The van der Waals surface area contributed by atoms with E-state index >= 15 is 0 Å². The van der Waals surface area contributed by atoms with Gasteiger partial charge >= 0.3 is 0 Å². The van der Waals surface area contributed by atoms with Crippen LogP contribution in [0, 0.1) is 5.41 Å². The fourth-order valence-corrected chi connectivity index (χ4v) is 1.16. The molecule has 2 heteroatoms. The Morgan fingerprint density at radius 3 is 2.69 bits per heavy atom. The van der Waals surface area contributed by atoms with Gasteiger partial charge in [-0.05, 0) is 39.9 Å². The molecule has 1 heterocycles. The van der Waals surface area contributed by atoms with Crippen molar-refractivity contribution in [1.82, 2.24) is 0 Å². The van der Waals surface area contributed by atoms with E-state index in [0.29, 0.717) is 0 Å². The number of furan rings is 1. The molecular formula is C11H15BrO. The van der Waals surface area contributed by atoms with Crippen LogP contribution in [0.5, 0.6) is 0 Å². The molecule has 0 aromatic carbocycles. The lowest BCUT2D eigenvalue weighted by Crippen LogP contribution is -2.03. The topological polar surface area (TPSA) is 13.1 Å². The summed E-state index contributed by atoms with van der Waals surface area (Å²) in [5.41, 5.74) is 0.249. The second kappa shape index (κ2) is 4.14. The largest absolute Gasteiger partial charge is 0.464 e. The first kappa shape index (κ1) is 10.6. The maximum atomic E-state index is 5.27. The van der Waals surface area contributed by atoms with Crippen molar-refractivity contribution in [2.45, 2.75) is 27.2 Å². The smallest absolute Gasteiger partial charge is 0.127 e. The minimum Gasteiger partial charge on any atom is -0.464 e. The Labute approximate surface area is 88.0 Å². The van der Waals surface area contributed by atoms with E-state index in [0.717, 1.165) is 16.7 Å². The Morgan fingerprint density at radius 1 is 1.54 bits per heavy atom. The summed E-state index contributed by atoms with van der Waals surface area (Å²) in [5, 5.41) is 0. The molecule has 0 spiro atoms. The Morgan fingerprint density at radius 2 is 2.23 bits per heavy atom. The average Bonchev–Trinajstić information content (AvgIpc) is 2.48. The van der Waals surface area contributed by atoms with Crippen molar-refractivity contribution in [1.29, 1.82) is 0 Å². The van der Waals surface area contributed by atoms with Crippen LogP contribution in [0.4, 0.5) is 0 Å². The molecular weight excluding hydrogens is 228 g/mol. The Kier molecular flexibility index (Phi) is 3.37. The first-order chi connectivity index (χ1) is 6.03. The van der Waals surface area contributed by atoms with Gasteiger partial charge in [0.1, 0.15) is 12.0 Å². The fourth-order valence-electron chi connectivity index (χ4n) is 0.841. The first-order valence-corrected chi connectivity index (χ1v) is 5.26. The maximum Gasteiger partial charge on any atom is 0.127 e. The van der Waals surface area contributed by atoms with Gasteiger partial charge in [0, 0.05) is 0 Å². The molecule has 0 aliphatic rings. The van der Waals surface area contributed by atoms with E-state index in [1.165, 1.54) is 0 Å². The third-order valence-electron chi connectivity index (χ3n) is 2.20. The highest BCUT2D eigenvalue weighted by atomic mass is 79.9. The molecule has 0 radical (unpaired) electrons. The summed E-state index contributed by atoms with van der Waals surface area (Å²) in [4.78, 5) is 0. The van der Waals surface area contributed by atoms with Crippen molar-refractivity contribution in [2.75, 3.05) is 0 Å². The molecule has 0 saturated carbocycles. The normalized spacial score (nSPS) is 12.6. The highest BCUT2D eigenvalue weighted by Gasteiger charge is 2.09. The molecule has 72 valence electrons. The van der Waals surface area contributed by atoms with Crippen LogP contribution < -0.4 is 0 Å². The van der Waals surface area contributed by atoms with E-state index in [1.807, 2.05) is 12.1 Å². The van der Waals surface area contributed by atoms with Crippen LogP contribution in [-0.2, 0) is 0 Å². The molecule has 1 aromatic rings. The third kappa shape index (κ3) is 3.39. The average molecular weight is 243 g/mol. The monoisotopic (exact) mass is 242 g/mol. The second-order valence-electron chi connectivity index (χ2n) is 3.84. The highest BCUT2D eigenvalue weighted by Crippen LogP contribution is 2.23. The van der Waals surface area contributed by atoms with Gasteiger partial charge in [-0.3, -0.25) is 0 Å². The van der Waals surface area contributed by atoms with Crippen molar-refractivity contribution in [3.8, 4) is 0 Å². The van der Waals surface area contributed by atoms with Gasteiger partial charge in [-0.1, -0.05) is 26.8 Å². The molecule has 0 amide bonds. The SMILES string of the molecule is CCC(C)(C)/C=C/c1cc(Br)co1. The molecule has 0 atom stereocenters. The van der Waals surface area contributed by atoms with Crippen molar-refractivity contribution in [2.24, 2.45) is 5.41 Å². The summed E-state index contributed by atoms with van der Waals surface area (Å²) < 4.78 is 6.26. The predicted octanol–water partition coefficient (Wildman–Crippen LogP) is 4.49. The number of hydrogen-bond acceptors (Lipinski definition) is 1. The fraction of sp³-hybridized carbons (Fsp3) is 0.455. The van der Waals surface area contributed by atoms with E-state index in [-0.39, 0.29) is 5.41 Å². The van der Waals surface area contributed by atoms with Crippen LogP contribution in [0.3, 0.4) is 0 Å². The van der Waals surface area contributed by atoms with Crippen LogP contribution >= 0.6 is 15.9 Å². The number of rotatable bonds is 3. The minimum atomic E-state index is 0.249. The van der Waals surface area contributed by atoms with Crippen molar-refractivity contribution in [3.05, 3.63) is 28.6 Å². The van der Waals surface area contributed by atoms with Gasteiger partial charge in [-0.25, -0.2) is 0 Å². The lowest BCUT2D eigenvalue weighted by Gasteiger charge is -2.16. The molecule has 13 heavy (non-hydrogen) atoms. The lowest BCUT2D eigenvalue weighted by atomic mass is 9.90. The third-order valence-corrected chi connectivity index (χ3v) is 2.61. The predicted molar refractivity (Wildman–Crippen MR) is 59.5 cm³/mol. The summed E-state index contributed by atoms with van der Waals surface area (Å²) in [5.74, 6) is 0.897. The Hall–Kier alpha value is -0.500. The second-order valence-corrected chi connectivity index (χ2v) is 4.76. The number of hydrogen-bond donors (Lipinski definition) is 0. The molecule has 0 bridgehead atoms. The van der Waals surface area contributed by atoms with Crippen LogP contribution in [-0.4, -0.2) is 0 Å². The zero-order valence-corrected chi connectivity index (χ0v) is 9.89. The summed E-state index contributed by atoms with van der Waals surface area (Å²) in [6.45, 7) is 6.60. The lowest BCUT2D eigenvalue weighted by molar-refractivity contribution is 0.463. The van der Waals surface area contributed by atoms with E-state index in [9.17, 15) is 0 Å². The molecule has 1 nitrogen and oxygen atoms in total. The molecule has 0 aliphatic heterocycles. The van der Waals surface area contributed by atoms with Gasteiger partial charge in [0.15, 0.2) is 0 Å². The summed E-state index contributed by atoms with van der Waals surface area (Å²) in [6.07, 6.45) is 7.02. The van der Waals surface area contributed by atoms with Crippen molar-refractivity contribution < 1.29 is 4.42 Å². The Balaban J connectivity index is 2.68. The van der Waals surface area contributed by atoms with Gasteiger partial charge in [-0.2, -0.15) is 0 Å². The van der Waals surface area contributed by atoms with E-state index in [4.69, 9.17) is 4.42 Å². The van der Waals surface area contributed by atoms with Crippen LogP contribution in [0.2, 0.25) is 0 Å². The minimum absolute atomic E-state index is 0.249. The molecule has 1 rings (SSSR count). The molecule has 0 aliphatic carbocycles. The van der Waals surface area contributed by atoms with Gasteiger partial charge in [-0.15, -0.1) is 0 Å². The molecule has 0 fully saturated rings. The van der Waals surface area contributed by atoms with Gasteiger partial charge < -0.3 is 4.42 Å². The Bertz CT molecular complexity index is 297. The first-order valence-electron chi connectivity index (χ1n) is 4.47. The number of allylic oxidation sites excluding steroid dienone is 1. The number of halogens is 1. The van der Waals surface area contributed by atoms with E-state index < -0.39 is 0 Å². The van der Waals surface area contributed by atoms with Crippen LogP contribution in [0.15, 0.2) is 27.3 Å². The molecule has 0 saturated heterocycles. The molecule has 1 aromatic heterocycles. The van der Waals surface area contributed by atoms with E-state index in [1.54, 1.807) is 6.26 Å². The van der Waals surface area contributed by atoms with Crippen LogP contribution in [0.1, 0.15) is 33.0 Å². The van der Waals surface area contributed by atoms with Crippen molar-refractivity contribution >= 4 is 22.0 Å². The van der Waals surface area contributed by atoms with Crippen molar-refractivity contribution in [3.63, 3.8) is 0 Å². The standard InChI is InChI=1S/C11H15BrO/c1-4-11(2,3)6-5-10-7-9(12)8-13-10/h5-8H,4H2,1-3H3/b6-5+. The van der Waals surface area contributed by atoms with Gasteiger partial charge in [0.05, 0.1) is 4.47 Å². The quantitative estimate of drug-likeness (QED) is 0.762.